The fraction of sp³-hybridized carbons (Fsp3) is 1.00. The van der Waals surface area contributed by atoms with Gasteiger partial charge in [-0.05, 0) is 19.9 Å². The van der Waals surface area contributed by atoms with E-state index in [-0.39, 0.29) is 0 Å². The van der Waals surface area contributed by atoms with Crippen molar-refractivity contribution in [3.8, 4) is 0 Å². The van der Waals surface area contributed by atoms with E-state index in [4.69, 9.17) is 0 Å². The highest BCUT2D eigenvalue weighted by Crippen LogP contribution is 2.19. The normalized spacial score (nSPS) is 19.0. The molecular weight excluding hydrogens is 256 g/mol. The van der Waals surface area contributed by atoms with E-state index in [1.165, 1.54) is 96.8 Å². The van der Waals surface area contributed by atoms with Crippen LogP contribution in [-0.4, -0.2) is 49.1 Å². The van der Waals surface area contributed by atoms with E-state index in [2.05, 4.69) is 30.7 Å². The van der Waals surface area contributed by atoms with Crippen LogP contribution in [0.4, 0.5) is 0 Å². The second kappa shape index (κ2) is 12.5. The van der Waals surface area contributed by atoms with E-state index in [1.807, 2.05) is 0 Å². The second-order valence-electron chi connectivity index (χ2n) is 7.05. The Hall–Kier alpha value is -0.0800. The predicted molar refractivity (Wildman–Crippen MR) is 95.0 cm³/mol. The summed E-state index contributed by atoms with van der Waals surface area (Å²) in [5, 5.41) is 0. The largest absolute Gasteiger partial charge is 0.304 e. The molecule has 1 aliphatic rings. The highest BCUT2D eigenvalue weighted by molar-refractivity contribution is 4.77. The van der Waals surface area contributed by atoms with Gasteiger partial charge in [-0.15, -0.1) is 0 Å². The molecule has 1 rings (SSSR count). The molecule has 0 aliphatic carbocycles. The fourth-order valence-electron chi connectivity index (χ4n) is 3.49. The molecule has 0 saturated carbocycles. The standard InChI is InChI=1S/C19H40N2/c1-4-6-8-10-12-14-19(13-11-9-7-5-2)21-17-15-20(3)16-18-21/h19H,4-18H2,1-3H3. The molecule has 0 radical (unpaired) electrons. The third-order valence-corrected chi connectivity index (χ3v) is 5.09. The van der Waals surface area contributed by atoms with Crippen LogP contribution in [0, 0.1) is 0 Å². The minimum Gasteiger partial charge on any atom is -0.304 e. The maximum Gasteiger partial charge on any atom is 0.0113 e. The van der Waals surface area contributed by atoms with Crippen LogP contribution in [0.3, 0.4) is 0 Å². The van der Waals surface area contributed by atoms with E-state index in [0.29, 0.717) is 0 Å². The van der Waals surface area contributed by atoms with Gasteiger partial charge < -0.3 is 4.90 Å². The van der Waals surface area contributed by atoms with Crippen LogP contribution in [0.2, 0.25) is 0 Å². The summed E-state index contributed by atoms with van der Waals surface area (Å²) in [6.45, 7) is 9.74. The first-order chi connectivity index (χ1) is 10.3. The van der Waals surface area contributed by atoms with Gasteiger partial charge in [-0.1, -0.05) is 71.6 Å². The molecular formula is C19H40N2. The fourth-order valence-corrected chi connectivity index (χ4v) is 3.49. The summed E-state index contributed by atoms with van der Waals surface area (Å²) >= 11 is 0. The van der Waals surface area contributed by atoms with Gasteiger partial charge in [0, 0.05) is 32.2 Å². The van der Waals surface area contributed by atoms with Crippen LogP contribution >= 0.6 is 0 Å². The maximum absolute atomic E-state index is 2.80. The lowest BCUT2D eigenvalue weighted by atomic mass is 9.98. The van der Waals surface area contributed by atoms with Crippen molar-refractivity contribution in [1.29, 1.82) is 0 Å². The van der Waals surface area contributed by atoms with Crippen molar-refractivity contribution in [2.45, 2.75) is 90.5 Å². The Kier molecular flexibility index (Phi) is 11.3. The first-order valence-corrected chi connectivity index (χ1v) is 9.70. The van der Waals surface area contributed by atoms with Crippen molar-refractivity contribution in [2.24, 2.45) is 0 Å². The Morgan fingerprint density at radius 1 is 0.667 bits per heavy atom. The number of rotatable bonds is 12. The molecule has 0 aromatic heterocycles. The van der Waals surface area contributed by atoms with E-state index in [9.17, 15) is 0 Å². The molecule has 1 atom stereocenters. The predicted octanol–water partition coefficient (Wildman–Crippen LogP) is 4.93. The Bertz CT molecular complexity index is 222. The zero-order chi connectivity index (χ0) is 15.3. The molecule has 0 aromatic carbocycles. The van der Waals surface area contributed by atoms with Gasteiger partial charge in [0.2, 0.25) is 0 Å². The lowest BCUT2D eigenvalue weighted by molar-refractivity contribution is 0.0990. The molecule has 2 nitrogen and oxygen atoms in total. The molecule has 1 unspecified atom stereocenters. The third-order valence-electron chi connectivity index (χ3n) is 5.09. The van der Waals surface area contributed by atoms with Crippen molar-refractivity contribution in [3.63, 3.8) is 0 Å². The van der Waals surface area contributed by atoms with Crippen LogP contribution in [-0.2, 0) is 0 Å². The highest BCUT2D eigenvalue weighted by atomic mass is 15.3. The monoisotopic (exact) mass is 296 g/mol. The summed E-state index contributed by atoms with van der Waals surface area (Å²) in [6.07, 6.45) is 15.7. The van der Waals surface area contributed by atoms with Gasteiger partial charge in [0.15, 0.2) is 0 Å². The Labute approximate surface area is 134 Å². The van der Waals surface area contributed by atoms with Gasteiger partial charge >= 0.3 is 0 Å². The molecule has 21 heavy (non-hydrogen) atoms. The number of piperazine rings is 1. The lowest BCUT2D eigenvalue weighted by Crippen LogP contribution is -2.49. The summed E-state index contributed by atoms with van der Waals surface area (Å²) in [5.74, 6) is 0. The summed E-state index contributed by atoms with van der Waals surface area (Å²) in [6, 6.07) is 0.872. The van der Waals surface area contributed by atoms with Crippen LogP contribution in [0.25, 0.3) is 0 Å². The Morgan fingerprint density at radius 3 is 1.67 bits per heavy atom. The molecule has 0 spiro atoms. The van der Waals surface area contributed by atoms with Crippen molar-refractivity contribution in [1.82, 2.24) is 9.80 Å². The van der Waals surface area contributed by atoms with E-state index >= 15 is 0 Å². The summed E-state index contributed by atoms with van der Waals surface area (Å²) in [4.78, 5) is 5.28. The molecule has 0 N–H and O–H groups in total. The van der Waals surface area contributed by atoms with Crippen LogP contribution in [0.1, 0.15) is 84.5 Å². The number of hydrogen-bond donors (Lipinski definition) is 0. The van der Waals surface area contributed by atoms with Crippen LogP contribution in [0.5, 0.6) is 0 Å². The number of hydrogen-bond acceptors (Lipinski definition) is 2. The smallest absolute Gasteiger partial charge is 0.0113 e. The van der Waals surface area contributed by atoms with Gasteiger partial charge in [-0.2, -0.15) is 0 Å². The molecule has 0 aromatic rings. The molecule has 0 bridgehead atoms. The van der Waals surface area contributed by atoms with Crippen LogP contribution in [0.15, 0.2) is 0 Å². The van der Waals surface area contributed by atoms with E-state index < -0.39 is 0 Å². The molecule has 1 aliphatic heterocycles. The molecule has 2 heteroatoms. The van der Waals surface area contributed by atoms with E-state index in [0.717, 1.165) is 6.04 Å². The molecule has 1 fully saturated rings. The second-order valence-corrected chi connectivity index (χ2v) is 7.05. The highest BCUT2D eigenvalue weighted by Gasteiger charge is 2.21. The quantitative estimate of drug-likeness (QED) is 0.471. The van der Waals surface area contributed by atoms with Gasteiger partial charge in [-0.3, -0.25) is 4.90 Å². The maximum atomic E-state index is 2.80. The average Bonchev–Trinajstić information content (AvgIpc) is 2.50. The third kappa shape index (κ3) is 8.83. The van der Waals surface area contributed by atoms with Crippen LogP contribution < -0.4 is 0 Å². The number of nitrogens with zero attached hydrogens (tertiary/aromatic N) is 2. The first-order valence-electron chi connectivity index (χ1n) is 9.70. The van der Waals surface area contributed by atoms with Gasteiger partial charge in [0.25, 0.3) is 0 Å². The minimum atomic E-state index is 0.872. The van der Waals surface area contributed by atoms with Crippen molar-refractivity contribution >= 4 is 0 Å². The summed E-state index contributed by atoms with van der Waals surface area (Å²) in [5.41, 5.74) is 0. The summed E-state index contributed by atoms with van der Waals surface area (Å²) < 4.78 is 0. The topological polar surface area (TPSA) is 6.48 Å². The SMILES string of the molecule is CCCCCCCC(CCCCCC)N1CCN(C)CC1. The zero-order valence-electron chi connectivity index (χ0n) is 15.1. The summed E-state index contributed by atoms with van der Waals surface area (Å²) in [7, 11) is 2.26. The Balaban J connectivity index is 2.27. The molecule has 0 amide bonds. The lowest BCUT2D eigenvalue weighted by Gasteiger charge is -2.38. The average molecular weight is 297 g/mol. The van der Waals surface area contributed by atoms with Crippen molar-refractivity contribution in [2.75, 3.05) is 33.2 Å². The van der Waals surface area contributed by atoms with Gasteiger partial charge in [-0.25, -0.2) is 0 Å². The molecule has 1 heterocycles. The number of unbranched alkanes of at least 4 members (excludes halogenated alkanes) is 7. The van der Waals surface area contributed by atoms with Gasteiger partial charge in [0.05, 0.1) is 0 Å². The zero-order valence-corrected chi connectivity index (χ0v) is 15.1. The van der Waals surface area contributed by atoms with Crippen molar-refractivity contribution < 1.29 is 0 Å². The molecule has 1 saturated heterocycles. The Morgan fingerprint density at radius 2 is 1.14 bits per heavy atom. The molecule has 126 valence electrons. The first kappa shape index (κ1) is 19.0. The minimum absolute atomic E-state index is 0.872. The number of likely N-dealkylation sites (N-methyl/N-ethyl adjacent to an activating group) is 1. The van der Waals surface area contributed by atoms with E-state index in [1.54, 1.807) is 0 Å². The van der Waals surface area contributed by atoms with Gasteiger partial charge in [0.1, 0.15) is 0 Å². The van der Waals surface area contributed by atoms with Crippen molar-refractivity contribution in [3.05, 3.63) is 0 Å².